The molecule has 1 rings (SSSR count). The van der Waals surface area contributed by atoms with Crippen molar-refractivity contribution in [1.29, 1.82) is 0 Å². The molecule has 0 saturated heterocycles. The molecule has 10 heavy (non-hydrogen) atoms. The van der Waals surface area contributed by atoms with Gasteiger partial charge in [0, 0.05) is 22.4 Å². The Balaban J connectivity index is 0.000000810. The van der Waals surface area contributed by atoms with E-state index in [0.717, 1.165) is 0 Å². The maximum Gasteiger partial charge on any atom is 0.488 e. The summed E-state index contributed by atoms with van der Waals surface area (Å²) in [7, 11) is -1.34. The zero-order valence-corrected chi connectivity index (χ0v) is 7.33. The number of rotatable bonds is 1. The van der Waals surface area contributed by atoms with E-state index in [-0.39, 0.29) is 22.4 Å². The molecule has 0 aromatic heterocycles. The fourth-order valence-electron chi connectivity index (χ4n) is 0.625. The molecule has 0 aliphatic heterocycles. The minimum absolute atomic E-state index is 0. The topological polar surface area (TPSA) is 40.5 Å². The van der Waals surface area contributed by atoms with Gasteiger partial charge in [-0.15, -0.1) is 0 Å². The van der Waals surface area contributed by atoms with Crippen molar-refractivity contribution < 1.29 is 32.4 Å². The van der Waals surface area contributed by atoms with Crippen molar-refractivity contribution in [2.45, 2.75) is 0 Å². The fraction of sp³-hybridized carbons (Fsp3) is 0. The van der Waals surface area contributed by atoms with Crippen LogP contribution in [0.5, 0.6) is 0 Å². The zero-order chi connectivity index (χ0) is 6.69. The Morgan fingerprint density at radius 1 is 1.00 bits per heavy atom. The Morgan fingerprint density at radius 3 is 1.80 bits per heavy atom. The van der Waals surface area contributed by atoms with E-state index in [4.69, 9.17) is 10.0 Å². The Bertz CT molecular complexity index is 178. The normalized spacial score (nSPS) is 8.20. The van der Waals surface area contributed by atoms with Gasteiger partial charge in [-0.1, -0.05) is 30.3 Å². The molecular weight excluding hydrogens is 312 g/mol. The van der Waals surface area contributed by atoms with Crippen LogP contribution in [0.1, 0.15) is 0 Å². The molecule has 1 aromatic carbocycles. The van der Waals surface area contributed by atoms with Crippen LogP contribution in [0.25, 0.3) is 0 Å². The molecule has 0 fully saturated rings. The molecule has 2 N–H and O–H groups in total. The molecule has 0 bridgehead atoms. The molecule has 0 amide bonds. The minimum Gasteiger partial charge on any atom is -0.423 e. The Kier molecular flexibility index (Phi) is 4.69. The van der Waals surface area contributed by atoms with Crippen molar-refractivity contribution in [2.24, 2.45) is 0 Å². The largest absolute Gasteiger partial charge is 0.488 e. The zero-order valence-electron chi connectivity index (χ0n) is 5.16. The van der Waals surface area contributed by atoms with Gasteiger partial charge in [0.15, 0.2) is 0 Å². The van der Waals surface area contributed by atoms with Crippen molar-refractivity contribution >= 4 is 12.6 Å². The standard InChI is InChI=1S/C6H7BO2.Au/c8-7(9)6-4-2-1-3-5-6;/h1-5,8-9H;. The van der Waals surface area contributed by atoms with Crippen LogP contribution in [0, 0.1) is 0 Å². The van der Waals surface area contributed by atoms with Crippen LogP contribution >= 0.6 is 0 Å². The third-order valence-electron chi connectivity index (χ3n) is 1.10. The summed E-state index contributed by atoms with van der Waals surface area (Å²) >= 11 is 0. The Labute approximate surface area is 75.5 Å². The van der Waals surface area contributed by atoms with Gasteiger partial charge < -0.3 is 10.0 Å². The summed E-state index contributed by atoms with van der Waals surface area (Å²) in [5.74, 6) is 0. The summed E-state index contributed by atoms with van der Waals surface area (Å²) in [6.45, 7) is 0. The van der Waals surface area contributed by atoms with E-state index in [1.54, 1.807) is 24.3 Å². The number of hydrogen-bond donors (Lipinski definition) is 2. The minimum atomic E-state index is -1.34. The molecule has 0 heterocycles. The van der Waals surface area contributed by atoms with Gasteiger partial charge in [-0.3, -0.25) is 0 Å². The summed E-state index contributed by atoms with van der Waals surface area (Å²) < 4.78 is 0. The summed E-state index contributed by atoms with van der Waals surface area (Å²) in [5.41, 5.74) is 0.525. The SMILES string of the molecule is OB(O)c1ccccc1.[Au]. The molecule has 1 aromatic rings. The monoisotopic (exact) mass is 319 g/mol. The second-order valence-electron chi connectivity index (χ2n) is 1.78. The first-order valence-corrected chi connectivity index (χ1v) is 2.72. The predicted octanol–water partition coefficient (Wildman–Crippen LogP) is -0.636. The van der Waals surface area contributed by atoms with Crippen LogP contribution in [0.3, 0.4) is 0 Å². The van der Waals surface area contributed by atoms with E-state index in [1.807, 2.05) is 6.07 Å². The molecule has 4 heteroatoms. The molecule has 0 aliphatic rings. The van der Waals surface area contributed by atoms with Crippen LogP contribution in [0.4, 0.5) is 0 Å². The van der Waals surface area contributed by atoms with E-state index in [0.29, 0.717) is 5.46 Å². The van der Waals surface area contributed by atoms with Gasteiger partial charge in [0.1, 0.15) is 0 Å². The molecule has 0 aliphatic carbocycles. The van der Waals surface area contributed by atoms with E-state index in [9.17, 15) is 0 Å². The van der Waals surface area contributed by atoms with Crippen LogP contribution < -0.4 is 5.46 Å². The van der Waals surface area contributed by atoms with E-state index >= 15 is 0 Å². The van der Waals surface area contributed by atoms with Crippen LogP contribution in [-0.2, 0) is 22.4 Å². The average molecular weight is 319 g/mol. The molecular formula is C6H7AuBO2. The predicted molar refractivity (Wildman–Crippen MR) is 36.3 cm³/mol. The Hall–Kier alpha value is -0.0548. The van der Waals surface area contributed by atoms with Gasteiger partial charge in [0.2, 0.25) is 0 Å². The number of benzene rings is 1. The smallest absolute Gasteiger partial charge is 0.423 e. The molecule has 0 spiro atoms. The van der Waals surface area contributed by atoms with Gasteiger partial charge in [-0.2, -0.15) is 0 Å². The van der Waals surface area contributed by atoms with Crippen LogP contribution in [-0.4, -0.2) is 17.2 Å². The fourth-order valence-corrected chi connectivity index (χ4v) is 0.625. The molecule has 0 saturated carbocycles. The van der Waals surface area contributed by atoms with Crippen molar-refractivity contribution in [2.75, 3.05) is 0 Å². The molecule has 1 radical (unpaired) electrons. The van der Waals surface area contributed by atoms with Crippen LogP contribution in [0.15, 0.2) is 30.3 Å². The summed E-state index contributed by atoms with van der Waals surface area (Å²) in [4.78, 5) is 0. The summed E-state index contributed by atoms with van der Waals surface area (Å²) in [5, 5.41) is 17.2. The second kappa shape index (κ2) is 4.71. The third-order valence-corrected chi connectivity index (χ3v) is 1.10. The molecule has 0 atom stereocenters. The summed E-state index contributed by atoms with van der Waals surface area (Å²) in [6.07, 6.45) is 0. The first-order chi connectivity index (χ1) is 4.30. The van der Waals surface area contributed by atoms with Gasteiger partial charge in [0.25, 0.3) is 0 Å². The first-order valence-electron chi connectivity index (χ1n) is 2.72. The van der Waals surface area contributed by atoms with Crippen molar-refractivity contribution in [3.63, 3.8) is 0 Å². The van der Waals surface area contributed by atoms with Crippen molar-refractivity contribution in [3.05, 3.63) is 30.3 Å². The Morgan fingerprint density at radius 2 is 1.50 bits per heavy atom. The molecule has 57 valence electrons. The van der Waals surface area contributed by atoms with E-state index in [1.165, 1.54) is 0 Å². The average Bonchev–Trinajstić information content (AvgIpc) is 1.90. The van der Waals surface area contributed by atoms with Gasteiger partial charge in [0.05, 0.1) is 0 Å². The van der Waals surface area contributed by atoms with Crippen molar-refractivity contribution in [3.8, 4) is 0 Å². The maximum absolute atomic E-state index is 8.58. The first kappa shape index (κ1) is 9.95. The van der Waals surface area contributed by atoms with Crippen molar-refractivity contribution in [1.82, 2.24) is 0 Å². The third kappa shape index (κ3) is 2.69. The quantitative estimate of drug-likeness (QED) is 0.677. The van der Waals surface area contributed by atoms with E-state index < -0.39 is 7.12 Å². The van der Waals surface area contributed by atoms with Crippen LogP contribution in [0.2, 0.25) is 0 Å². The van der Waals surface area contributed by atoms with E-state index in [2.05, 4.69) is 0 Å². The van der Waals surface area contributed by atoms with Gasteiger partial charge in [-0.25, -0.2) is 0 Å². The van der Waals surface area contributed by atoms with Gasteiger partial charge >= 0.3 is 7.12 Å². The summed E-state index contributed by atoms with van der Waals surface area (Å²) in [6, 6.07) is 8.66. The van der Waals surface area contributed by atoms with Gasteiger partial charge in [-0.05, 0) is 5.46 Å². The maximum atomic E-state index is 8.58. The molecule has 2 nitrogen and oxygen atoms in total. The second-order valence-corrected chi connectivity index (χ2v) is 1.78. The number of hydrogen-bond acceptors (Lipinski definition) is 2. The molecule has 0 unspecified atom stereocenters.